The van der Waals surface area contributed by atoms with E-state index < -0.39 is 11.9 Å². The highest BCUT2D eigenvalue weighted by molar-refractivity contribution is 5.88. The fourth-order valence-corrected chi connectivity index (χ4v) is 2.16. The van der Waals surface area contributed by atoms with Crippen molar-refractivity contribution >= 4 is 16.9 Å². The maximum atomic E-state index is 11.3. The Kier molecular flexibility index (Phi) is 3.09. The number of rotatable bonds is 3. The number of nitrogens with zero attached hydrogens (tertiary/aromatic N) is 1. The number of fused-ring (bicyclic) bond motifs is 1. The number of hydrogen-bond acceptors (Lipinski definition) is 2. The van der Waals surface area contributed by atoms with Crippen molar-refractivity contribution in [2.45, 2.75) is 26.2 Å². The van der Waals surface area contributed by atoms with Gasteiger partial charge in [-0.3, -0.25) is 9.78 Å². The lowest BCUT2D eigenvalue weighted by Crippen LogP contribution is -2.11. The molecule has 17 heavy (non-hydrogen) atoms. The van der Waals surface area contributed by atoms with E-state index in [1.165, 1.54) is 0 Å². The van der Waals surface area contributed by atoms with Crippen molar-refractivity contribution in [1.82, 2.24) is 4.98 Å². The number of aromatic nitrogens is 1. The van der Waals surface area contributed by atoms with Crippen molar-refractivity contribution in [3.05, 3.63) is 41.6 Å². The van der Waals surface area contributed by atoms with E-state index in [1.807, 2.05) is 44.2 Å². The van der Waals surface area contributed by atoms with E-state index in [-0.39, 0.29) is 0 Å². The maximum absolute atomic E-state index is 11.3. The summed E-state index contributed by atoms with van der Waals surface area (Å²) >= 11 is 0. The largest absolute Gasteiger partial charge is 0.481 e. The highest BCUT2D eigenvalue weighted by Gasteiger charge is 2.20. The molecular weight excluding hydrogens is 214 g/mol. The Hall–Kier alpha value is -1.90. The zero-order valence-corrected chi connectivity index (χ0v) is 9.97. The second kappa shape index (κ2) is 4.53. The summed E-state index contributed by atoms with van der Waals surface area (Å²) in [6.45, 7) is 3.79. The van der Waals surface area contributed by atoms with E-state index >= 15 is 0 Å². The number of aryl methyl sites for hydroxylation is 1. The van der Waals surface area contributed by atoms with E-state index in [9.17, 15) is 9.90 Å². The van der Waals surface area contributed by atoms with Crippen LogP contribution in [0.4, 0.5) is 0 Å². The van der Waals surface area contributed by atoms with Crippen LogP contribution in [0.5, 0.6) is 0 Å². The Morgan fingerprint density at radius 2 is 2.12 bits per heavy atom. The van der Waals surface area contributed by atoms with Crippen molar-refractivity contribution in [2.75, 3.05) is 0 Å². The molecule has 0 spiro atoms. The van der Waals surface area contributed by atoms with Crippen LogP contribution in [0.1, 0.15) is 30.5 Å². The number of hydrogen-bond donors (Lipinski definition) is 1. The maximum Gasteiger partial charge on any atom is 0.310 e. The van der Waals surface area contributed by atoms with Gasteiger partial charge in [0.15, 0.2) is 0 Å². The molecule has 0 saturated carbocycles. The van der Waals surface area contributed by atoms with E-state index in [4.69, 9.17) is 0 Å². The zero-order valence-electron chi connectivity index (χ0n) is 9.97. The van der Waals surface area contributed by atoms with Crippen LogP contribution >= 0.6 is 0 Å². The molecule has 0 aliphatic heterocycles. The topological polar surface area (TPSA) is 50.2 Å². The van der Waals surface area contributed by atoms with Crippen molar-refractivity contribution in [2.24, 2.45) is 0 Å². The molecule has 2 aromatic rings. The lowest BCUT2D eigenvalue weighted by atomic mass is 9.93. The van der Waals surface area contributed by atoms with Crippen molar-refractivity contribution in [3.8, 4) is 0 Å². The van der Waals surface area contributed by atoms with Crippen LogP contribution in [0.25, 0.3) is 10.9 Å². The quantitative estimate of drug-likeness (QED) is 0.879. The first-order valence-corrected chi connectivity index (χ1v) is 5.72. The van der Waals surface area contributed by atoms with Gasteiger partial charge in [0.25, 0.3) is 0 Å². The van der Waals surface area contributed by atoms with Gasteiger partial charge in [-0.2, -0.15) is 0 Å². The lowest BCUT2D eigenvalue weighted by Gasteiger charge is -2.13. The highest BCUT2D eigenvalue weighted by atomic mass is 16.4. The van der Waals surface area contributed by atoms with Gasteiger partial charge in [-0.25, -0.2) is 0 Å². The van der Waals surface area contributed by atoms with Gasteiger partial charge >= 0.3 is 5.97 Å². The van der Waals surface area contributed by atoms with Crippen LogP contribution in [0.15, 0.2) is 30.3 Å². The zero-order chi connectivity index (χ0) is 12.4. The molecule has 0 bridgehead atoms. The lowest BCUT2D eigenvalue weighted by molar-refractivity contribution is -0.138. The number of aliphatic carboxylic acids is 1. The first-order chi connectivity index (χ1) is 8.13. The molecule has 0 aliphatic carbocycles. The van der Waals surface area contributed by atoms with Crippen LogP contribution in [0.3, 0.4) is 0 Å². The molecule has 1 aromatic carbocycles. The fraction of sp³-hybridized carbons (Fsp3) is 0.286. The summed E-state index contributed by atoms with van der Waals surface area (Å²) in [4.78, 5) is 15.7. The van der Waals surface area contributed by atoms with Crippen molar-refractivity contribution < 1.29 is 9.90 Å². The molecule has 0 radical (unpaired) electrons. The predicted octanol–water partition coefficient (Wildman–Crippen LogP) is 3.12. The molecule has 0 saturated heterocycles. The van der Waals surface area contributed by atoms with Crippen LogP contribution in [-0.4, -0.2) is 16.1 Å². The van der Waals surface area contributed by atoms with E-state index in [0.29, 0.717) is 6.42 Å². The van der Waals surface area contributed by atoms with Gasteiger partial charge in [-0.1, -0.05) is 25.1 Å². The molecule has 1 N–H and O–H groups in total. The molecule has 0 amide bonds. The summed E-state index contributed by atoms with van der Waals surface area (Å²) < 4.78 is 0. The summed E-state index contributed by atoms with van der Waals surface area (Å²) in [5.74, 6) is -1.23. The van der Waals surface area contributed by atoms with E-state index in [1.54, 1.807) is 0 Å². The molecule has 3 nitrogen and oxygen atoms in total. The van der Waals surface area contributed by atoms with Gasteiger partial charge in [-0.15, -0.1) is 0 Å². The Morgan fingerprint density at radius 1 is 1.41 bits per heavy atom. The number of benzene rings is 1. The van der Waals surface area contributed by atoms with Gasteiger partial charge in [0.2, 0.25) is 0 Å². The summed E-state index contributed by atoms with van der Waals surface area (Å²) in [5.41, 5.74) is 2.59. The minimum Gasteiger partial charge on any atom is -0.481 e. The predicted molar refractivity (Wildman–Crippen MR) is 67.1 cm³/mol. The average molecular weight is 229 g/mol. The van der Waals surface area contributed by atoms with Gasteiger partial charge in [0.05, 0.1) is 11.4 Å². The number of carboxylic acids is 1. The third-order valence-corrected chi connectivity index (χ3v) is 2.96. The Bertz CT molecular complexity index is 563. The fourth-order valence-electron chi connectivity index (χ4n) is 2.16. The molecule has 1 heterocycles. The van der Waals surface area contributed by atoms with Crippen LogP contribution < -0.4 is 0 Å². The first-order valence-electron chi connectivity index (χ1n) is 5.72. The standard InChI is InChI=1S/C14H15NO2/c1-3-10(14(16)17)12-8-9(2)15-13-7-5-4-6-11(12)13/h4-8,10H,3H2,1-2H3,(H,16,17). The smallest absolute Gasteiger partial charge is 0.310 e. The molecule has 88 valence electrons. The third kappa shape index (κ3) is 2.13. The molecule has 0 fully saturated rings. The summed E-state index contributed by atoms with van der Waals surface area (Å²) in [6, 6.07) is 9.56. The monoisotopic (exact) mass is 229 g/mol. The van der Waals surface area contributed by atoms with E-state index in [0.717, 1.165) is 22.2 Å². The van der Waals surface area contributed by atoms with Gasteiger partial charge < -0.3 is 5.11 Å². The average Bonchev–Trinajstić information content (AvgIpc) is 2.29. The Labute approximate surface area is 100 Å². The molecule has 1 atom stereocenters. The normalized spacial score (nSPS) is 12.6. The molecule has 2 rings (SSSR count). The summed E-state index contributed by atoms with van der Waals surface area (Å²) in [7, 11) is 0. The molecule has 1 aromatic heterocycles. The summed E-state index contributed by atoms with van der Waals surface area (Å²) in [6.07, 6.45) is 0.586. The molecule has 0 aliphatic rings. The minimum atomic E-state index is -0.775. The number of pyridine rings is 1. The van der Waals surface area contributed by atoms with Gasteiger partial charge in [0.1, 0.15) is 0 Å². The SMILES string of the molecule is CCC(C(=O)O)c1cc(C)nc2ccccc12. The third-order valence-electron chi connectivity index (χ3n) is 2.96. The summed E-state index contributed by atoms with van der Waals surface area (Å²) in [5, 5.41) is 10.2. The second-order valence-corrected chi connectivity index (χ2v) is 4.17. The van der Waals surface area contributed by atoms with Crippen LogP contribution in [0, 0.1) is 6.92 Å². The first kappa shape index (κ1) is 11.6. The number of carbonyl (C=O) groups is 1. The van der Waals surface area contributed by atoms with E-state index in [2.05, 4.69) is 4.98 Å². The highest BCUT2D eigenvalue weighted by Crippen LogP contribution is 2.27. The van der Waals surface area contributed by atoms with Crippen molar-refractivity contribution in [1.29, 1.82) is 0 Å². The number of para-hydroxylation sites is 1. The molecule has 1 unspecified atom stereocenters. The van der Waals surface area contributed by atoms with Crippen molar-refractivity contribution in [3.63, 3.8) is 0 Å². The van der Waals surface area contributed by atoms with Gasteiger partial charge in [-0.05, 0) is 31.0 Å². The second-order valence-electron chi connectivity index (χ2n) is 4.17. The minimum absolute atomic E-state index is 0.457. The molecular formula is C14H15NO2. The Balaban J connectivity index is 2.70. The van der Waals surface area contributed by atoms with Gasteiger partial charge in [0, 0.05) is 11.1 Å². The number of carboxylic acid groups (broad SMARTS) is 1. The van der Waals surface area contributed by atoms with Crippen LogP contribution in [0.2, 0.25) is 0 Å². The van der Waals surface area contributed by atoms with Crippen LogP contribution in [-0.2, 0) is 4.79 Å². The molecule has 3 heteroatoms. The Morgan fingerprint density at radius 3 is 2.76 bits per heavy atom.